The third kappa shape index (κ3) is 4.28. The second-order valence-electron chi connectivity index (χ2n) is 6.42. The fourth-order valence-electron chi connectivity index (χ4n) is 3.28. The molecular weight excluding hydrogens is 424 g/mol. The largest absolute Gasteiger partial charge is 0.337 e. The van der Waals surface area contributed by atoms with Crippen molar-refractivity contribution in [1.29, 1.82) is 0 Å². The number of thioether (sulfide) groups is 1. The van der Waals surface area contributed by atoms with Crippen LogP contribution in [0.4, 0.5) is 0 Å². The van der Waals surface area contributed by atoms with Crippen molar-refractivity contribution < 1.29 is 18.0 Å². The smallest absolute Gasteiger partial charge is 0.266 e. The molecule has 3 rings (SSSR count). The lowest BCUT2D eigenvalue weighted by Gasteiger charge is -2.32. The number of likely N-dealkylation sites (N-methyl/N-ethyl adjacent to an activating group) is 1. The Labute approximate surface area is 172 Å². The zero-order valence-electron chi connectivity index (χ0n) is 15.0. The van der Waals surface area contributed by atoms with Gasteiger partial charge in [-0.1, -0.05) is 30.0 Å². The monoisotopic (exact) mass is 444 g/mol. The summed E-state index contributed by atoms with van der Waals surface area (Å²) in [5.74, 6) is -0.473. The highest BCUT2D eigenvalue weighted by Gasteiger charge is 2.42. The summed E-state index contributed by atoms with van der Waals surface area (Å²) < 4.78 is 23.9. The molecule has 2 saturated heterocycles. The molecule has 27 heavy (non-hydrogen) atoms. The molecule has 0 aliphatic carbocycles. The Hall–Kier alpha value is -1.23. The number of carbonyl (C=O) groups excluding carboxylic acids is 2. The van der Waals surface area contributed by atoms with Crippen molar-refractivity contribution in [3.05, 3.63) is 27.3 Å². The van der Waals surface area contributed by atoms with Crippen LogP contribution >= 0.6 is 35.3 Å². The lowest BCUT2D eigenvalue weighted by molar-refractivity contribution is -0.140. The predicted octanol–water partition coefficient (Wildman–Crippen LogP) is 2.37. The molecule has 0 N–H and O–H groups in total. The first-order valence-electron chi connectivity index (χ1n) is 8.55. The van der Waals surface area contributed by atoms with Crippen LogP contribution in [0.2, 0.25) is 0 Å². The minimum Gasteiger partial charge on any atom is -0.337 e. The van der Waals surface area contributed by atoms with Crippen molar-refractivity contribution in [2.75, 3.05) is 18.1 Å². The molecule has 2 aliphatic heterocycles. The average Bonchev–Trinajstić information content (AvgIpc) is 3.30. The van der Waals surface area contributed by atoms with Crippen molar-refractivity contribution in [3.8, 4) is 0 Å². The van der Waals surface area contributed by atoms with Gasteiger partial charge in [0.2, 0.25) is 5.91 Å². The topological polar surface area (TPSA) is 74.8 Å². The Morgan fingerprint density at radius 1 is 1.52 bits per heavy atom. The molecule has 1 aromatic heterocycles. The summed E-state index contributed by atoms with van der Waals surface area (Å²) in [5.41, 5.74) is 0. The van der Waals surface area contributed by atoms with Gasteiger partial charge in [-0.15, -0.1) is 11.3 Å². The highest BCUT2D eigenvalue weighted by Crippen LogP contribution is 2.35. The summed E-state index contributed by atoms with van der Waals surface area (Å²) >= 11 is 8.05. The Balaban J connectivity index is 1.77. The van der Waals surface area contributed by atoms with E-state index in [9.17, 15) is 18.0 Å². The Morgan fingerprint density at radius 3 is 2.81 bits per heavy atom. The second-order valence-corrected chi connectivity index (χ2v) is 11.3. The molecule has 2 atom stereocenters. The molecule has 6 nitrogen and oxygen atoms in total. The van der Waals surface area contributed by atoms with Crippen LogP contribution in [0.15, 0.2) is 22.4 Å². The first kappa shape index (κ1) is 20.5. The molecule has 1 aromatic rings. The van der Waals surface area contributed by atoms with Gasteiger partial charge in [0, 0.05) is 17.5 Å². The van der Waals surface area contributed by atoms with Gasteiger partial charge in [0.25, 0.3) is 5.91 Å². The van der Waals surface area contributed by atoms with E-state index < -0.39 is 15.9 Å². The van der Waals surface area contributed by atoms with Crippen LogP contribution in [0.3, 0.4) is 0 Å². The van der Waals surface area contributed by atoms with E-state index in [0.29, 0.717) is 22.2 Å². The first-order valence-corrected chi connectivity index (χ1v) is 12.5. The van der Waals surface area contributed by atoms with Crippen LogP contribution < -0.4 is 0 Å². The van der Waals surface area contributed by atoms with Gasteiger partial charge in [0.15, 0.2) is 9.84 Å². The van der Waals surface area contributed by atoms with E-state index in [0.717, 1.165) is 4.88 Å². The number of thiophene rings is 1. The summed E-state index contributed by atoms with van der Waals surface area (Å²) in [6.07, 6.45) is 2.22. The van der Waals surface area contributed by atoms with E-state index in [1.807, 2.05) is 24.4 Å². The zero-order chi connectivity index (χ0) is 19.8. The standard InChI is InChI=1S/C17H20N2O4S4/c1-3-18(12-6-8-27(22,23)10-12)15(20)11(2)19-16(21)14(26-17(19)24)9-13-5-4-7-25-13/h4-5,7,9,11-12H,3,6,8,10H2,1-2H3/b14-9+/t11-,12-/m1/s1. The van der Waals surface area contributed by atoms with Crippen LogP contribution in [0.1, 0.15) is 25.1 Å². The molecule has 2 fully saturated rings. The van der Waals surface area contributed by atoms with Crippen molar-refractivity contribution in [2.24, 2.45) is 0 Å². The van der Waals surface area contributed by atoms with Crippen LogP contribution in [0.5, 0.6) is 0 Å². The quantitative estimate of drug-likeness (QED) is 0.513. The van der Waals surface area contributed by atoms with Gasteiger partial charge in [0.05, 0.1) is 16.4 Å². The number of hydrogen-bond donors (Lipinski definition) is 0. The third-order valence-electron chi connectivity index (χ3n) is 4.66. The van der Waals surface area contributed by atoms with Crippen LogP contribution in [0.25, 0.3) is 6.08 Å². The van der Waals surface area contributed by atoms with Gasteiger partial charge < -0.3 is 4.90 Å². The van der Waals surface area contributed by atoms with Crippen molar-refractivity contribution in [1.82, 2.24) is 9.80 Å². The minimum atomic E-state index is -3.10. The molecule has 0 spiro atoms. The number of carbonyl (C=O) groups is 2. The molecule has 0 saturated carbocycles. The SMILES string of the molecule is CCN(C(=O)[C@@H](C)N1C(=O)/C(=C\c2cccs2)SC1=S)[C@@H]1CCS(=O)(=O)C1. The van der Waals surface area contributed by atoms with Gasteiger partial charge >= 0.3 is 0 Å². The number of rotatable bonds is 5. The molecule has 0 aromatic carbocycles. The summed E-state index contributed by atoms with van der Waals surface area (Å²) in [7, 11) is -3.10. The lowest BCUT2D eigenvalue weighted by Crippen LogP contribution is -2.52. The van der Waals surface area contributed by atoms with Crippen molar-refractivity contribution in [2.45, 2.75) is 32.4 Å². The van der Waals surface area contributed by atoms with Crippen LogP contribution in [-0.2, 0) is 19.4 Å². The Bertz CT molecular complexity index is 892. The molecule has 0 bridgehead atoms. The summed E-state index contributed by atoms with van der Waals surface area (Å²) in [6.45, 7) is 3.85. The molecule has 2 aliphatic rings. The highest BCUT2D eigenvalue weighted by atomic mass is 32.2. The summed E-state index contributed by atoms with van der Waals surface area (Å²) in [5, 5.41) is 1.92. The lowest BCUT2D eigenvalue weighted by atomic mass is 10.1. The number of thiocarbonyl (C=S) groups is 1. The Kier molecular flexibility index (Phi) is 6.09. The van der Waals surface area contributed by atoms with E-state index in [1.165, 1.54) is 28.0 Å². The summed E-state index contributed by atoms with van der Waals surface area (Å²) in [6, 6.07) is 2.70. The fourth-order valence-corrected chi connectivity index (χ4v) is 7.15. The third-order valence-corrected chi connectivity index (χ3v) is 8.56. The van der Waals surface area contributed by atoms with Gasteiger partial charge in [-0.3, -0.25) is 14.5 Å². The Morgan fingerprint density at radius 2 is 2.26 bits per heavy atom. The van der Waals surface area contributed by atoms with Crippen LogP contribution in [-0.4, -0.2) is 64.5 Å². The zero-order valence-corrected chi connectivity index (χ0v) is 18.2. The molecular formula is C17H20N2O4S4. The minimum absolute atomic E-state index is 0.0179. The summed E-state index contributed by atoms with van der Waals surface area (Å²) in [4.78, 5) is 30.2. The normalized spacial score (nSPS) is 24.6. The number of amides is 2. The van der Waals surface area contributed by atoms with Crippen molar-refractivity contribution in [3.63, 3.8) is 0 Å². The maximum Gasteiger partial charge on any atom is 0.266 e. The number of hydrogen-bond acceptors (Lipinski definition) is 7. The molecule has 3 heterocycles. The first-order chi connectivity index (χ1) is 12.7. The molecule has 0 radical (unpaired) electrons. The van der Waals surface area contributed by atoms with E-state index in [2.05, 4.69) is 0 Å². The van der Waals surface area contributed by atoms with Gasteiger partial charge in [0.1, 0.15) is 10.4 Å². The molecule has 2 amide bonds. The maximum absolute atomic E-state index is 13.0. The van der Waals surface area contributed by atoms with Gasteiger partial charge in [-0.2, -0.15) is 0 Å². The van der Waals surface area contributed by atoms with Gasteiger partial charge in [-0.05, 0) is 37.8 Å². The van der Waals surface area contributed by atoms with Gasteiger partial charge in [-0.25, -0.2) is 8.42 Å². The maximum atomic E-state index is 13.0. The number of nitrogens with zero attached hydrogens (tertiary/aromatic N) is 2. The number of sulfone groups is 1. The van der Waals surface area contributed by atoms with E-state index in [1.54, 1.807) is 17.9 Å². The highest BCUT2D eigenvalue weighted by molar-refractivity contribution is 8.26. The molecule has 146 valence electrons. The van der Waals surface area contributed by atoms with Crippen molar-refractivity contribution >= 4 is 67.4 Å². The molecule has 0 unspecified atom stereocenters. The fraction of sp³-hybridized carbons (Fsp3) is 0.471. The van der Waals surface area contributed by atoms with Crippen LogP contribution in [0, 0.1) is 0 Å². The van der Waals surface area contributed by atoms with E-state index in [-0.39, 0.29) is 29.4 Å². The second kappa shape index (κ2) is 8.02. The molecule has 10 heteroatoms. The van der Waals surface area contributed by atoms with E-state index >= 15 is 0 Å². The average molecular weight is 445 g/mol. The predicted molar refractivity (Wildman–Crippen MR) is 113 cm³/mol. The van der Waals surface area contributed by atoms with E-state index in [4.69, 9.17) is 12.2 Å².